The van der Waals surface area contributed by atoms with Crippen LogP contribution in [0.2, 0.25) is 0 Å². The van der Waals surface area contributed by atoms with Gasteiger partial charge in [-0.3, -0.25) is 4.79 Å². The fourth-order valence-corrected chi connectivity index (χ4v) is 8.42. The second-order valence-electron chi connectivity index (χ2n) is 10.3. The first-order valence-corrected chi connectivity index (χ1v) is 13.4. The van der Waals surface area contributed by atoms with Crippen molar-refractivity contribution in [1.29, 1.82) is 0 Å². The minimum absolute atomic E-state index is 0.0618. The smallest absolute Gasteiger partial charge is 0.226 e. The molecule has 1 N–H and O–H groups in total. The first-order chi connectivity index (χ1) is 15.3. The van der Waals surface area contributed by atoms with Crippen molar-refractivity contribution < 1.29 is 22.7 Å². The van der Waals surface area contributed by atoms with E-state index >= 15 is 0 Å². The molecule has 1 aliphatic heterocycles. The monoisotopic (exact) mass is 462 g/mol. The van der Waals surface area contributed by atoms with E-state index in [4.69, 9.17) is 9.47 Å². The molecule has 1 aromatic rings. The quantitative estimate of drug-likeness (QED) is 0.674. The highest BCUT2D eigenvalue weighted by Crippen LogP contribution is 2.60. The molecule has 6 rings (SSSR count). The lowest BCUT2D eigenvalue weighted by molar-refractivity contribution is -0.146. The molecule has 32 heavy (non-hydrogen) atoms. The Morgan fingerprint density at radius 1 is 1.03 bits per heavy atom. The van der Waals surface area contributed by atoms with Crippen LogP contribution in [0.3, 0.4) is 0 Å². The van der Waals surface area contributed by atoms with Gasteiger partial charge in [0.15, 0.2) is 11.5 Å². The normalized spacial score (nSPS) is 31.2. The zero-order valence-electron chi connectivity index (χ0n) is 19.1. The highest BCUT2D eigenvalue weighted by Gasteiger charge is 2.54. The largest absolute Gasteiger partial charge is 0.493 e. The summed E-state index contributed by atoms with van der Waals surface area (Å²) in [6.07, 6.45) is 7.47. The highest BCUT2D eigenvalue weighted by molar-refractivity contribution is 7.89. The summed E-state index contributed by atoms with van der Waals surface area (Å²) in [5.74, 6) is 3.38. The number of carbonyl (C=O) groups is 1. The van der Waals surface area contributed by atoms with Crippen molar-refractivity contribution in [1.82, 2.24) is 9.62 Å². The molecule has 4 fully saturated rings. The molecule has 7 nitrogen and oxygen atoms in total. The molecule has 4 aliphatic carbocycles. The molecule has 1 aromatic carbocycles. The summed E-state index contributed by atoms with van der Waals surface area (Å²) in [4.78, 5) is 13.1. The minimum Gasteiger partial charge on any atom is -0.493 e. The van der Waals surface area contributed by atoms with Gasteiger partial charge in [0, 0.05) is 25.0 Å². The van der Waals surface area contributed by atoms with Gasteiger partial charge in [-0.15, -0.1) is 0 Å². The molecule has 1 amide bonds. The Labute approximate surface area is 190 Å². The number of ether oxygens (including phenoxy) is 2. The first-order valence-electron chi connectivity index (χ1n) is 11.8. The molecule has 1 heterocycles. The molecule has 8 heteroatoms. The maximum Gasteiger partial charge on any atom is 0.226 e. The van der Waals surface area contributed by atoms with Gasteiger partial charge in [0.1, 0.15) is 0 Å². The maximum absolute atomic E-state index is 13.1. The second kappa shape index (κ2) is 8.20. The molecule has 0 saturated heterocycles. The summed E-state index contributed by atoms with van der Waals surface area (Å²) in [7, 11) is -0.290. The van der Waals surface area contributed by atoms with Crippen LogP contribution in [0.25, 0.3) is 0 Å². The highest BCUT2D eigenvalue weighted by atomic mass is 32.2. The molecule has 4 bridgehead atoms. The van der Waals surface area contributed by atoms with Crippen molar-refractivity contribution in [3.05, 3.63) is 23.3 Å². The Bertz CT molecular complexity index is 971. The predicted molar refractivity (Wildman–Crippen MR) is 121 cm³/mol. The third-order valence-corrected chi connectivity index (χ3v) is 10.1. The van der Waals surface area contributed by atoms with Crippen LogP contribution < -0.4 is 14.8 Å². The number of nitrogens with zero attached hydrogens (tertiary/aromatic N) is 1. The van der Waals surface area contributed by atoms with E-state index in [0.717, 1.165) is 30.4 Å². The zero-order valence-corrected chi connectivity index (χ0v) is 19.9. The topological polar surface area (TPSA) is 84.9 Å². The number of hydrogen-bond acceptors (Lipinski definition) is 5. The summed E-state index contributed by atoms with van der Waals surface area (Å²) in [5, 5.41) is 3.01. The number of nitrogens with one attached hydrogen (secondary N) is 1. The average molecular weight is 463 g/mol. The molecule has 176 valence electrons. The molecule has 5 aliphatic rings. The van der Waals surface area contributed by atoms with E-state index in [1.165, 1.54) is 23.6 Å². The van der Waals surface area contributed by atoms with E-state index < -0.39 is 10.0 Å². The van der Waals surface area contributed by atoms with Crippen molar-refractivity contribution in [2.24, 2.45) is 23.2 Å². The van der Waals surface area contributed by atoms with E-state index in [0.29, 0.717) is 48.8 Å². The lowest BCUT2D eigenvalue weighted by Gasteiger charge is -2.55. The van der Waals surface area contributed by atoms with Gasteiger partial charge in [-0.2, -0.15) is 4.31 Å². The van der Waals surface area contributed by atoms with E-state index in [1.807, 2.05) is 12.1 Å². The molecule has 0 radical (unpaired) electrons. The fourth-order valence-electron chi connectivity index (χ4n) is 7.09. The van der Waals surface area contributed by atoms with Crippen LogP contribution in [0.5, 0.6) is 11.5 Å². The van der Waals surface area contributed by atoms with Crippen LogP contribution in [-0.4, -0.2) is 51.7 Å². The van der Waals surface area contributed by atoms with Crippen molar-refractivity contribution in [2.75, 3.05) is 33.1 Å². The maximum atomic E-state index is 13.1. The van der Waals surface area contributed by atoms with E-state index in [2.05, 4.69) is 5.32 Å². The Hall–Kier alpha value is -1.80. The number of carbonyl (C=O) groups excluding carboxylic acids is 1. The summed E-state index contributed by atoms with van der Waals surface area (Å²) in [5.41, 5.74) is 1.79. The average Bonchev–Trinajstić information content (AvgIpc) is 2.76. The molecule has 0 aromatic heterocycles. The minimum atomic E-state index is -3.47. The lowest BCUT2D eigenvalue weighted by atomic mass is 9.49. The summed E-state index contributed by atoms with van der Waals surface area (Å²) >= 11 is 0. The van der Waals surface area contributed by atoms with Crippen molar-refractivity contribution in [2.45, 2.75) is 51.5 Å². The number of hydrogen-bond donors (Lipinski definition) is 1. The Morgan fingerprint density at radius 2 is 1.59 bits per heavy atom. The summed E-state index contributed by atoms with van der Waals surface area (Å²) < 4.78 is 38.3. The van der Waals surface area contributed by atoms with Gasteiger partial charge >= 0.3 is 0 Å². The van der Waals surface area contributed by atoms with Gasteiger partial charge in [0.05, 0.1) is 20.0 Å². The standard InChI is InChI=1S/C24H34N2O5S/c1-30-21-10-19-3-5-26(15-20(19)11-22(21)31-2)32(28,29)6-4-25-23(27)24-12-16-7-17(13-24)9-18(8-16)14-24/h10-11,16-18H,3-9,12-15H2,1-2H3,(H,25,27). The number of rotatable bonds is 7. The summed E-state index contributed by atoms with van der Waals surface area (Å²) in [6, 6.07) is 3.80. The number of benzene rings is 1. The predicted octanol–water partition coefficient (Wildman–Crippen LogP) is 2.72. The third kappa shape index (κ3) is 3.89. The molecule has 4 saturated carbocycles. The van der Waals surface area contributed by atoms with Crippen LogP contribution in [0.1, 0.15) is 49.7 Å². The van der Waals surface area contributed by atoms with E-state index in [9.17, 15) is 13.2 Å². The van der Waals surface area contributed by atoms with E-state index in [-0.39, 0.29) is 23.6 Å². The van der Waals surface area contributed by atoms with E-state index in [1.54, 1.807) is 14.2 Å². The van der Waals surface area contributed by atoms with Crippen LogP contribution in [0, 0.1) is 23.2 Å². The number of methoxy groups -OCH3 is 2. The SMILES string of the molecule is COc1cc2c(cc1OC)CN(S(=O)(=O)CCNC(=O)C13CC4CC(CC(C4)C1)C3)CC2. The Balaban J connectivity index is 1.20. The van der Waals surface area contributed by atoms with Crippen LogP contribution in [0.15, 0.2) is 12.1 Å². The zero-order chi connectivity index (χ0) is 22.5. The van der Waals surface area contributed by atoms with Crippen LogP contribution in [-0.2, 0) is 27.8 Å². The molecule has 0 atom stereocenters. The van der Waals surface area contributed by atoms with Crippen molar-refractivity contribution in [3.8, 4) is 11.5 Å². The third-order valence-electron chi connectivity index (χ3n) is 8.24. The van der Waals surface area contributed by atoms with Crippen molar-refractivity contribution in [3.63, 3.8) is 0 Å². The number of amides is 1. The lowest BCUT2D eigenvalue weighted by Crippen LogP contribution is -2.54. The Morgan fingerprint density at radius 3 is 2.16 bits per heavy atom. The second-order valence-corrected chi connectivity index (χ2v) is 12.4. The number of fused-ring (bicyclic) bond motifs is 1. The first kappa shape index (κ1) is 22.0. The van der Waals surface area contributed by atoms with Crippen LogP contribution >= 0.6 is 0 Å². The van der Waals surface area contributed by atoms with Gasteiger partial charge in [-0.05, 0) is 86.0 Å². The summed E-state index contributed by atoms with van der Waals surface area (Å²) in [6.45, 7) is 0.937. The van der Waals surface area contributed by atoms with Crippen molar-refractivity contribution >= 4 is 15.9 Å². The van der Waals surface area contributed by atoms with Crippen LogP contribution in [0.4, 0.5) is 0 Å². The van der Waals surface area contributed by atoms with Gasteiger partial charge in [-0.25, -0.2) is 8.42 Å². The fraction of sp³-hybridized carbons (Fsp3) is 0.708. The number of sulfonamides is 1. The van der Waals surface area contributed by atoms with Gasteiger partial charge in [0.25, 0.3) is 0 Å². The molecular formula is C24H34N2O5S. The van der Waals surface area contributed by atoms with Gasteiger partial charge < -0.3 is 14.8 Å². The van der Waals surface area contributed by atoms with Gasteiger partial charge in [-0.1, -0.05) is 0 Å². The van der Waals surface area contributed by atoms with Gasteiger partial charge in [0.2, 0.25) is 15.9 Å². The molecular weight excluding hydrogens is 428 g/mol. The molecule has 0 unspecified atom stereocenters. The Kier molecular flexibility index (Phi) is 5.64. The molecule has 0 spiro atoms.